The van der Waals surface area contributed by atoms with Crippen LogP contribution in [0.2, 0.25) is 5.02 Å². The summed E-state index contributed by atoms with van der Waals surface area (Å²) in [6.07, 6.45) is 1.82. The first-order valence-corrected chi connectivity index (χ1v) is 12.0. The fourth-order valence-corrected chi connectivity index (χ4v) is 4.67. The third-order valence-electron chi connectivity index (χ3n) is 5.80. The van der Waals surface area contributed by atoms with E-state index in [4.69, 9.17) is 11.6 Å². The van der Waals surface area contributed by atoms with Crippen molar-refractivity contribution in [2.24, 2.45) is 0 Å². The fourth-order valence-electron chi connectivity index (χ4n) is 3.89. The standard InChI is InChI=1S/C25H26ClN3O2S/c1-17-5-2-3-6-19(17)16-29-12-10-20(11-13-29)27-24(30)18-8-9-21(26)22(15-18)28-25(31)23-7-4-14-32-23/h2-9,14-15,20H,10-13,16H2,1H3,(H,27,30)(H,28,31). The third-order valence-corrected chi connectivity index (χ3v) is 7.00. The second kappa shape index (κ2) is 10.3. The van der Waals surface area contributed by atoms with Gasteiger partial charge in [-0.05, 0) is 60.5 Å². The van der Waals surface area contributed by atoms with Gasteiger partial charge in [0.05, 0.1) is 15.6 Å². The average Bonchev–Trinajstić information content (AvgIpc) is 3.33. The van der Waals surface area contributed by atoms with E-state index < -0.39 is 0 Å². The van der Waals surface area contributed by atoms with E-state index in [9.17, 15) is 9.59 Å². The highest BCUT2D eigenvalue weighted by molar-refractivity contribution is 7.12. The van der Waals surface area contributed by atoms with E-state index in [2.05, 4.69) is 46.7 Å². The van der Waals surface area contributed by atoms with E-state index in [1.165, 1.54) is 22.5 Å². The Morgan fingerprint density at radius 3 is 2.56 bits per heavy atom. The number of thiophene rings is 1. The van der Waals surface area contributed by atoms with Crippen LogP contribution in [0, 0.1) is 6.92 Å². The Balaban J connectivity index is 1.32. The molecular weight excluding hydrogens is 442 g/mol. The van der Waals surface area contributed by atoms with Crippen LogP contribution in [0.4, 0.5) is 5.69 Å². The van der Waals surface area contributed by atoms with Crippen molar-refractivity contribution in [1.29, 1.82) is 0 Å². The lowest BCUT2D eigenvalue weighted by Gasteiger charge is -2.32. The van der Waals surface area contributed by atoms with Gasteiger partial charge < -0.3 is 10.6 Å². The molecule has 7 heteroatoms. The molecule has 3 aromatic rings. The van der Waals surface area contributed by atoms with Crippen LogP contribution in [0.15, 0.2) is 60.0 Å². The van der Waals surface area contributed by atoms with Crippen molar-refractivity contribution in [2.75, 3.05) is 18.4 Å². The number of aryl methyl sites for hydroxylation is 1. The lowest BCUT2D eigenvalue weighted by atomic mass is 10.0. The Hall–Kier alpha value is -2.67. The molecule has 0 saturated carbocycles. The highest BCUT2D eigenvalue weighted by atomic mass is 35.5. The molecule has 2 N–H and O–H groups in total. The van der Waals surface area contributed by atoms with E-state index in [0.29, 0.717) is 21.2 Å². The number of amides is 2. The molecule has 1 fully saturated rings. The van der Waals surface area contributed by atoms with Crippen LogP contribution in [0.25, 0.3) is 0 Å². The van der Waals surface area contributed by atoms with Gasteiger partial charge in [0.2, 0.25) is 0 Å². The molecule has 0 spiro atoms. The maximum Gasteiger partial charge on any atom is 0.265 e. The highest BCUT2D eigenvalue weighted by Gasteiger charge is 2.22. The van der Waals surface area contributed by atoms with Crippen molar-refractivity contribution < 1.29 is 9.59 Å². The predicted octanol–water partition coefficient (Wildman–Crippen LogP) is 5.36. The summed E-state index contributed by atoms with van der Waals surface area (Å²) in [5.41, 5.74) is 3.59. The summed E-state index contributed by atoms with van der Waals surface area (Å²) < 4.78 is 0. The maximum absolute atomic E-state index is 12.8. The molecule has 0 radical (unpaired) electrons. The number of hydrogen-bond donors (Lipinski definition) is 2. The summed E-state index contributed by atoms with van der Waals surface area (Å²) in [7, 11) is 0. The monoisotopic (exact) mass is 467 g/mol. The zero-order valence-corrected chi connectivity index (χ0v) is 19.5. The first kappa shape index (κ1) is 22.5. The number of nitrogens with one attached hydrogen (secondary N) is 2. The molecule has 2 amide bonds. The average molecular weight is 468 g/mol. The second-order valence-corrected chi connectivity index (χ2v) is 9.43. The molecule has 0 unspecified atom stereocenters. The second-order valence-electron chi connectivity index (χ2n) is 8.08. The molecule has 0 aliphatic carbocycles. The molecule has 1 aliphatic heterocycles. The fraction of sp³-hybridized carbons (Fsp3) is 0.280. The maximum atomic E-state index is 12.8. The number of piperidine rings is 1. The minimum absolute atomic E-state index is 0.135. The predicted molar refractivity (Wildman–Crippen MR) is 131 cm³/mol. The molecule has 0 bridgehead atoms. The van der Waals surface area contributed by atoms with E-state index in [1.54, 1.807) is 24.3 Å². The number of benzene rings is 2. The van der Waals surface area contributed by atoms with Crippen LogP contribution >= 0.6 is 22.9 Å². The normalized spacial score (nSPS) is 14.8. The Labute approximate surface area is 197 Å². The molecule has 5 nitrogen and oxygen atoms in total. The largest absolute Gasteiger partial charge is 0.349 e. The SMILES string of the molecule is Cc1ccccc1CN1CCC(NC(=O)c2ccc(Cl)c(NC(=O)c3cccs3)c2)CC1. The number of hydrogen-bond acceptors (Lipinski definition) is 4. The van der Waals surface area contributed by atoms with E-state index >= 15 is 0 Å². The molecule has 2 heterocycles. The van der Waals surface area contributed by atoms with E-state index in [1.807, 2.05) is 11.4 Å². The Bertz CT molecular complexity index is 1090. The van der Waals surface area contributed by atoms with E-state index in [-0.39, 0.29) is 17.9 Å². The van der Waals surface area contributed by atoms with Crippen molar-refractivity contribution >= 4 is 40.4 Å². The number of halogens is 1. The quantitative estimate of drug-likeness (QED) is 0.513. The van der Waals surface area contributed by atoms with Gasteiger partial charge in [0, 0.05) is 31.2 Å². The van der Waals surface area contributed by atoms with Crippen LogP contribution in [0.3, 0.4) is 0 Å². The van der Waals surface area contributed by atoms with Crippen LogP contribution in [0.5, 0.6) is 0 Å². The van der Waals surface area contributed by atoms with Gasteiger partial charge in [-0.25, -0.2) is 0 Å². The molecule has 32 heavy (non-hydrogen) atoms. The first-order valence-electron chi connectivity index (χ1n) is 10.7. The topological polar surface area (TPSA) is 61.4 Å². The first-order chi connectivity index (χ1) is 15.5. The van der Waals surface area contributed by atoms with Crippen LogP contribution in [0.1, 0.15) is 44.0 Å². The van der Waals surface area contributed by atoms with Crippen LogP contribution in [-0.2, 0) is 6.54 Å². The number of rotatable bonds is 6. The molecule has 0 atom stereocenters. The number of anilines is 1. The molecule has 4 rings (SSSR count). The third kappa shape index (κ3) is 5.57. The van der Waals surface area contributed by atoms with Gasteiger partial charge >= 0.3 is 0 Å². The molecule has 1 saturated heterocycles. The van der Waals surface area contributed by atoms with Crippen molar-refractivity contribution in [3.05, 3.63) is 86.6 Å². The molecular formula is C25H26ClN3O2S. The van der Waals surface area contributed by atoms with Crippen molar-refractivity contribution in [3.8, 4) is 0 Å². The summed E-state index contributed by atoms with van der Waals surface area (Å²) in [5.74, 6) is -0.383. The number of carbonyl (C=O) groups excluding carboxylic acids is 2. The van der Waals surface area contributed by atoms with Crippen molar-refractivity contribution in [1.82, 2.24) is 10.2 Å². The highest BCUT2D eigenvalue weighted by Crippen LogP contribution is 2.25. The molecule has 1 aliphatic rings. The smallest absolute Gasteiger partial charge is 0.265 e. The Kier molecular flexibility index (Phi) is 7.25. The number of carbonyl (C=O) groups is 2. The summed E-state index contributed by atoms with van der Waals surface area (Å²) in [6, 6.07) is 17.1. The minimum atomic E-state index is -0.236. The zero-order chi connectivity index (χ0) is 22.5. The molecule has 2 aromatic carbocycles. The van der Waals surface area contributed by atoms with Gasteiger partial charge in [0.25, 0.3) is 11.8 Å². The van der Waals surface area contributed by atoms with Gasteiger partial charge in [-0.1, -0.05) is 41.9 Å². The molecule has 166 valence electrons. The van der Waals surface area contributed by atoms with Crippen LogP contribution in [-0.4, -0.2) is 35.8 Å². The molecule has 1 aromatic heterocycles. The van der Waals surface area contributed by atoms with Crippen LogP contribution < -0.4 is 10.6 Å². The number of likely N-dealkylation sites (tertiary alicyclic amines) is 1. The summed E-state index contributed by atoms with van der Waals surface area (Å²) in [6.45, 7) is 4.98. The zero-order valence-electron chi connectivity index (χ0n) is 17.9. The van der Waals surface area contributed by atoms with Gasteiger partial charge in [0.15, 0.2) is 0 Å². The van der Waals surface area contributed by atoms with Gasteiger partial charge in [-0.3, -0.25) is 14.5 Å². The van der Waals surface area contributed by atoms with Gasteiger partial charge in [-0.15, -0.1) is 11.3 Å². The summed E-state index contributed by atoms with van der Waals surface area (Å²) in [4.78, 5) is 28.2. The Morgan fingerprint density at radius 1 is 1.06 bits per heavy atom. The van der Waals surface area contributed by atoms with Gasteiger partial charge in [-0.2, -0.15) is 0 Å². The Morgan fingerprint density at radius 2 is 1.84 bits per heavy atom. The van der Waals surface area contributed by atoms with Gasteiger partial charge in [0.1, 0.15) is 0 Å². The lowest BCUT2D eigenvalue weighted by molar-refractivity contribution is 0.0908. The van der Waals surface area contributed by atoms with E-state index in [0.717, 1.165) is 32.5 Å². The minimum Gasteiger partial charge on any atom is -0.349 e. The summed E-state index contributed by atoms with van der Waals surface area (Å²) in [5, 5.41) is 8.18. The number of nitrogens with zero attached hydrogens (tertiary/aromatic N) is 1. The lowest BCUT2D eigenvalue weighted by Crippen LogP contribution is -2.44. The van der Waals surface area contributed by atoms with Crippen molar-refractivity contribution in [3.63, 3.8) is 0 Å². The summed E-state index contributed by atoms with van der Waals surface area (Å²) >= 11 is 7.60. The van der Waals surface area contributed by atoms with Crippen molar-refractivity contribution in [2.45, 2.75) is 32.4 Å².